The van der Waals surface area contributed by atoms with E-state index in [4.69, 9.17) is 4.74 Å². The summed E-state index contributed by atoms with van der Waals surface area (Å²) in [6, 6.07) is 17.5. The molecule has 1 unspecified atom stereocenters. The van der Waals surface area contributed by atoms with Crippen LogP contribution in [0.3, 0.4) is 0 Å². The van der Waals surface area contributed by atoms with Crippen molar-refractivity contribution in [1.29, 1.82) is 0 Å². The molecule has 120 valence electrons. The van der Waals surface area contributed by atoms with E-state index in [-0.39, 0.29) is 5.92 Å². The Labute approximate surface area is 137 Å². The van der Waals surface area contributed by atoms with Crippen molar-refractivity contribution >= 4 is 18.6 Å². The van der Waals surface area contributed by atoms with Gasteiger partial charge in [-0.25, -0.2) is 0 Å². The molecule has 0 spiro atoms. The fourth-order valence-electron chi connectivity index (χ4n) is 1.90. The zero-order valence-electron chi connectivity index (χ0n) is 13.5. The second-order valence-electron chi connectivity index (χ2n) is 5.07. The molecule has 0 aliphatic heterocycles. The van der Waals surface area contributed by atoms with Crippen molar-refractivity contribution in [2.75, 3.05) is 7.11 Å². The van der Waals surface area contributed by atoms with Crippen LogP contribution < -0.4 is 4.74 Å². The van der Waals surface area contributed by atoms with Gasteiger partial charge in [-0.1, -0.05) is 55.5 Å². The highest BCUT2D eigenvalue weighted by molar-refractivity contribution is 5.73. The molecule has 0 saturated carbocycles. The van der Waals surface area contributed by atoms with Crippen molar-refractivity contribution in [2.45, 2.75) is 13.3 Å². The van der Waals surface area contributed by atoms with Crippen molar-refractivity contribution in [3.05, 3.63) is 71.8 Å². The van der Waals surface area contributed by atoms with Gasteiger partial charge in [0, 0.05) is 5.92 Å². The van der Waals surface area contributed by atoms with Gasteiger partial charge in [-0.15, -0.1) is 0 Å². The average molecular weight is 310 g/mol. The Kier molecular flexibility index (Phi) is 8.76. The summed E-state index contributed by atoms with van der Waals surface area (Å²) in [4.78, 5) is 20.3. The molecular formula is C20H22O3. The van der Waals surface area contributed by atoms with Gasteiger partial charge in [0.1, 0.15) is 18.3 Å². The first-order chi connectivity index (χ1) is 11.2. The lowest BCUT2D eigenvalue weighted by molar-refractivity contribution is -0.110. The minimum absolute atomic E-state index is 0.0911. The topological polar surface area (TPSA) is 43.4 Å². The highest BCUT2D eigenvalue weighted by Crippen LogP contribution is 2.13. The summed E-state index contributed by atoms with van der Waals surface area (Å²) in [5.41, 5.74) is 2.22. The molecule has 2 aromatic rings. The molecule has 1 atom stereocenters. The molecule has 0 aliphatic rings. The van der Waals surface area contributed by atoms with Crippen LogP contribution in [0.5, 0.6) is 5.75 Å². The summed E-state index contributed by atoms with van der Waals surface area (Å²) in [6.07, 6.45) is 5.80. The number of carbonyl (C=O) groups excluding carboxylic acids is 2. The average Bonchev–Trinajstić information content (AvgIpc) is 2.62. The third kappa shape index (κ3) is 7.77. The van der Waals surface area contributed by atoms with Crippen molar-refractivity contribution in [2.24, 2.45) is 5.92 Å². The zero-order valence-corrected chi connectivity index (χ0v) is 13.5. The Bertz CT molecular complexity index is 601. The lowest BCUT2D eigenvalue weighted by Gasteiger charge is -2.04. The van der Waals surface area contributed by atoms with E-state index in [2.05, 4.69) is 0 Å². The summed E-state index contributed by atoms with van der Waals surface area (Å²) in [7, 11) is 1.64. The van der Waals surface area contributed by atoms with Gasteiger partial charge in [0.15, 0.2) is 0 Å². The predicted octanol–water partition coefficient (Wildman–Crippen LogP) is 3.97. The molecule has 0 N–H and O–H groups in total. The number of methoxy groups -OCH3 is 1. The highest BCUT2D eigenvalue weighted by Gasteiger charge is 2.01. The number of hydrogen-bond acceptors (Lipinski definition) is 3. The SMILES string of the molecule is COc1ccc(CC(C)C=O)cc1.O=C/C=C/c1ccccc1. The molecule has 3 heteroatoms. The molecule has 0 amide bonds. The van der Waals surface area contributed by atoms with Crippen molar-refractivity contribution in [3.63, 3.8) is 0 Å². The van der Waals surface area contributed by atoms with E-state index >= 15 is 0 Å². The Hall–Kier alpha value is -2.68. The molecule has 0 heterocycles. The maximum Gasteiger partial charge on any atom is 0.142 e. The van der Waals surface area contributed by atoms with E-state index in [0.29, 0.717) is 0 Å². The lowest BCUT2D eigenvalue weighted by atomic mass is 10.0. The molecule has 0 fully saturated rings. The molecule has 0 aromatic heterocycles. The second kappa shape index (κ2) is 11.0. The standard InChI is InChI=1S/C11H14O2.C9H8O/c1-9(8-12)7-10-3-5-11(13-2)6-4-10;10-8-4-7-9-5-2-1-3-6-9/h3-6,8-9H,7H2,1-2H3;1-8H/b;7-4+. The number of benzene rings is 2. The predicted molar refractivity (Wildman–Crippen MR) is 93.5 cm³/mol. The molecule has 2 aromatic carbocycles. The first-order valence-corrected chi connectivity index (χ1v) is 7.44. The number of allylic oxidation sites excluding steroid dienone is 1. The van der Waals surface area contributed by atoms with Crippen LogP contribution in [0.25, 0.3) is 6.08 Å². The fraction of sp³-hybridized carbons (Fsp3) is 0.200. The maximum absolute atomic E-state index is 10.4. The van der Waals surface area contributed by atoms with Crippen LogP contribution in [-0.4, -0.2) is 19.7 Å². The van der Waals surface area contributed by atoms with Crippen LogP contribution >= 0.6 is 0 Å². The second-order valence-corrected chi connectivity index (χ2v) is 5.07. The summed E-state index contributed by atoms with van der Waals surface area (Å²) < 4.78 is 5.03. The number of aldehydes is 2. The molecule has 0 aliphatic carbocycles. The van der Waals surface area contributed by atoms with Gasteiger partial charge in [-0.2, -0.15) is 0 Å². The van der Waals surface area contributed by atoms with Crippen LogP contribution in [0.15, 0.2) is 60.7 Å². The van der Waals surface area contributed by atoms with Crippen LogP contribution in [0, 0.1) is 5.92 Å². The monoisotopic (exact) mass is 310 g/mol. The Balaban J connectivity index is 0.000000238. The number of ether oxygens (including phenoxy) is 1. The number of carbonyl (C=O) groups is 2. The van der Waals surface area contributed by atoms with Crippen LogP contribution in [0.1, 0.15) is 18.1 Å². The number of rotatable bonds is 6. The van der Waals surface area contributed by atoms with Gasteiger partial charge in [-0.3, -0.25) is 4.79 Å². The Morgan fingerprint density at radius 1 is 1.00 bits per heavy atom. The molecule has 2 rings (SSSR count). The van der Waals surface area contributed by atoms with Gasteiger partial charge >= 0.3 is 0 Å². The molecular weight excluding hydrogens is 288 g/mol. The van der Waals surface area contributed by atoms with E-state index in [1.807, 2.05) is 61.5 Å². The summed E-state index contributed by atoms with van der Waals surface area (Å²) >= 11 is 0. The lowest BCUT2D eigenvalue weighted by Crippen LogP contribution is -2.00. The highest BCUT2D eigenvalue weighted by atomic mass is 16.5. The smallest absolute Gasteiger partial charge is 0.142 e. The third-order valence-corrected chi connectivity index (χ3v) is 3.12. The zero-order chi connectivity index (χ0) is 16.9. The molecule has 0 saturated heterocycles. The quantitative estimate of drug-likeness (QED) is 0.599. The molecule has 3 nitrogen and oxygen atoms in total. The Morgan fingerprint density at radius 2 is 1.65 bits per heavy atom. The molecule has 23 heavy (non-hydrogen) atoms. The molecule has 0 bridgehead atoms. The van der Waals surface area contributed by atoms with Crippen LogP contribution in [0.4, 0.5) is 0 Å². The van der Waals surface area contributed by atoms with E-state index in [0.717, 1.165) is 30.3 Å². The fourth-order valence-corrected chi connectivity index (χ4v) is 1.90. The van der Waals surface area contributed by atoms with Gasteiger partial charge in [-0.05, 0) is 35.8 Å². The summed E-state index contributed by atoms with van der Waals surface area (Å²) in [5.74, 6) is 0.941. The minimum atomic E-state index is 0.0911. The van der Waals surface area contributed by atoms with Gasteiger partial charge in [0.05, 0.1) is 7.11 Å². The third-order valence-electron chi connectivity index (χ3n) is 3.12. The first-order valence-electron chi connectivity index (χ1n) is 7.44. The summed E-state index contributed by atoms with van der Waals surface area (Å²) in [5, 5.41) is 0. The van der Waals surface area contributed by atoms with E-state index in [9.17, 15) is 9.59 Å². The van der Waals surface area contributed by atoms with Crippen LogP contribution in [0.2, 0.25) is 0 Å². The first kappa shape index (κ1) is 18.4. The van der Waals surface area contributed by atoms with Gasteiger partial charge in [0.25, 0.3) is 0 Å². The molecule has 0 radical (unpaired) electrons. The normalized spacial score (nSPS) is 11.2. The van der Waals surface area contributed by atoms with E-state index in [1.54, 1.807) is 13.2 Å². The largest absolute Gasteiger partial charge is 0.497 e. The summed E-state index contributed by atoms with van der Waals surface area (Å²) in [6.45, 7) is 1.91. The van der Waals surface area contributed by atoms with E-state index in [1.165, 1.54) is 11.6 Å². The maximum atomic E-state index is 10.4. The van der Waals surface area contributed by atoms with Crippen LogP contribution in [-0.2, 0) is 16.0 Å². The van der Waals surface area contributed by atoms with Crippen molar-refractivity contribution in [3.8, 4) is 5.75 Å². The van der Waals surface area contributed by atoms with Gasteiger partial charge < -0.3 is 9.53 Å². The number of hydrogen-bond donors (Lipinski definition) is 0. The van der Waals surface area contributed by atoms with Crippen molar-refractivity contribution < 1.29 is 14.3 Å². The van der Waals surface area contributed by atoms with Crippen molar-refractivity contribution in [1.82, 2.24) is 0 Å². The Morgan fingerprint density at radius 3 is 2.17 bits per heavy atom. The van der Waals surface area contributed by atoms with Gasteiger partial charge in [0.2, 0.25) is 0 Å². The van der Waals surface area contributed by atoms with E-state index < -0.39 is 0 Å². The minimum Gasteiger partial charge on any atom is -0.497 e.